The van der Waals surface area contributed by atoms with Gasteiger partial charge in [-0.1, -0.05) is 6.07 Å². The van der Waals surface area contributed by atoms with Crippen LogP contribution in [0.25, 0.3) is 11.3 Å². The first-order valence-electron chi connectivity index (χ1n) is 20.8. The van der Waals surface area contributed by atoms with E-state index in [1.807, 2.05) is 17.8 Å². The van der Waals surface area contributed by atoms with Crippen LogP contribution in [0.4, 0.5) is 16.0 Å². The maximum atomic E-state index is 14.8. The molecule has 3 fully saturated rings. The number of nitrogens with zero attached hydrogens (tertiary/aromatic N) is 5. The van der Waals surface area contributed by atoms with Crippen LogP contribution in [0.15, 0.2) is 30.6 Å². The Hall–Kier alpha value is -5.04. The summed E-state index contributed by atoms with van der Waals surface area (Å²) in [7, 11) is 1.89. The van der Waals surface area contributed by atoms with Gasteiger partial charge in [0, 0.05) is 73.3 Å². The number of aromatic nitrogens is 4. The van der Waals surface area contributed by atoms with Crippen molar-refractivity contribution < 1.29 is 37.8 Å². The minimum Gasteiger partial charge on any atom is -0.382 e. The number of imide groups is 1. The molecule has 5 N–H and O–H groups in total. The number of hydrogen-bond donors (Lipinski definition) is 5. The van der Waals surface area contributed by atoms with Gasteiger partial charge < -0.3 is 40.4 Å². The Labute approximate surface area is 342 Å². The number of amides is 4. The van der Waals surface area contributed by atoms with Gasteiger partial charge in [-0.05, 0) is 69.4 Å². The second kappa shape index (κ2) is 20.3. The van der Waals surface area contributed by atoms with Crippen molar-refractivity contribution in [2.24, 2.45) is 13.0 Å². The third-order valence-corrected chi connectivity index (χ3v) is 11.3. The monoisotopic (exact) mass is 818 g/mol. The van der Waals surface area contributed by atoms with E-state index in [0.717, 1.165) is 54.6 Å². The summed E-state index contributed by atoms with van der Waals surface area (Å²) in [5, 5.41) is 19.7. The maximum absolute atomic E-state index is 14.8. The van der Waals surface area contributed by atoms with Gasteiger partial charge >= 0.3 is 0 Å². The van der Waals surface area contributed by atoms with Crippen molar-refractivity contribution in [1.29, 1.82) is 0 Å². The number of ether oxygens (including phenoxy) is 3. The SMILES string of the molecule is Cn1ncc(-c2nc(N[C@H]3CC[C@H](NCC(=O)NCCOCCOCCOCCNc4cccc5c4CN(C4CCC(=O)NC4=O)C5=O)CC3)ncc2F)c1CC1CC1. The molecule has 1 saturated heterocycles. The molecule has 2 aliphatic heterocycles. The van der Waals surface area contributed by atoms with Crippen LogP contribution in [0.1, 0.15) is 73.0 Å². The molecule has 0 spiro atoms. The number of nitrogens with one attached hydrogen (secondary N) is 5. The van der Waals surface area contributed by atoms with E-state index >= 15 is 0 Å². The molecule has 2 aromatic heterocycles. The van der Waals surface area contributed by atoms with Gasteiger partial charge in [0.15, 0.2) is 5.82 Å². The highest BCUT2D eigenvalue weighted by Gasteiger charge is 2.40. The van der Waals surface area contributed by atoms with Crippen LogP contribution in [0, 0.1) is 11.7 Å². The van der Waals surface area contributed by atoms with E-state index in [4.69, 9.17) is 14.2 Å². The molecule has 4 heterocycles. The molecule has 0 radical (unpaired) electrons. The van der Waals surface area contributed by atoms with E-state index < -0.39 is 17.8 Å². The summed E-state index contributed by atoms with van der Waals surface area (Å²) in [6, 6.07) is 5.20. The van der Waals surface area contributed by atoms with Crippen molar-refractivity contribution in [1.82, 2.24) is 40.6 Å². The number of piperidine rings is 1. The Morgan fingerprint density at radius 2 is 1.63 bits per heavy atom. The second-order valence-corrected chi connectivity index (χ2v) is 15.6. The van der Waals surface area contributed by atoms with Gasteiger partial charge in [0.2, 0.25) is 23.7 Å². The lowest BCUT2D eigenvalue weighted by molar-refractivity contribution is -0.137. The van der Waals surface area contributed by atoms with Crippen molar-refractivity contribution in [2.45, 2.75) is 82.5 Å². The number of carbonyl (C=O) groups excluding carboxylic acids is 4. The highest BCUT2D eigenvalue weighted by Crippen LogP contribution is 2.36. The first-order chi connectivity index (χ1) is 28.7. The van der Waals surface area contributed by atoms with Crippen LogP contribution < -0.4 is 26.6 Å². The normalized spacial score (nSPS) is 20.4. The Morgan fingerprint density at radius 1 is 0.898 bits per heavy atom. The molecule has 2 saturated carbocycles. The quantitative estimate of drug-likeness (QED) is 0.0731. The first kappa shape index (κ1) is 42.1. The molecule has 318 valence electrons. The van der Waals surface area contributed by atoms with Crippen LogP contribution >= 0.6 is 0 Å². The molecule has 1 aromatic carbocycles. The number of halogens is 1. The fourth-order valence-corrected chi connectivity index (χ4v) is 7.86. The molecule has 4 aliphatic rings. The summed E-state index contributed by atoms with van der Waals surface area (Å²) in [4.78, 5) is 59.6. The van der Waals surface area contributed by atoms with Gasteiger partial charge in [-0.3, -0.25) is 29.2 Å². The number of aryl methyl sites for hydroxylation is 1. The zero-order valence-corrected chi connectivity index (χ0v) is 33.6. The van der Waals surface area contributed by atoms with E-state index in [1.54, 1.807) is 18.3 Å². The largest absolute Gasteiger partial charge is 0.382 e. The molecule has 1 atom stereocenters. The summed E-state index contributed by atoms with van der Waals surface area (Å²) in [6.45, 7) is 3.91. The third kappa shape index (κ3) is 11.4. The van der Waals surface area contributed by atoms with Crippen molar-refractivity contribution >= 4 is 35.3 Å². The number of rotatable bonds is 22. The van der Waals surface area contributed by atoms with Gasteiger partial charge in [-0.25, -0.2) is 14.4 Å². The number of benzene rings is 1. The Bertz CT molecular complexity index is 1950. The average Bonchev–Trinajstić information content (AvgIpc) is 3.90. The van der Waals surface area contributed by atoms with Crippen LogP contribution in [-0.4, -0.2) is 126 Å². The molecule has 2 aliphatic carbocycles. The fraction of sp³-hybridized carbons (Fsp3) is 0.585. The Morgan fingerprint density at radius 3 is 2.37 bits per heavy atom. The van der Waals surface area contributed by atoms with Gasteiger partial charge in [0.25, 0.3) is 5.91 Å². The highest BCUT2D eigenvalue weighted by atomic mass is 19.1. The molecule has 1 unspecified atom stereocenters. The lowest BCUT2D eigenvalue weighted by Crippen LogP contribution is -2.52. The minimum atomic E-state index is -0.651. The molecular formula is C41H55FN10O7. The number of fused-ring (bicyclic) bond motifs is 1. The summed E-state index contributed by atoms with van der Waals surface area (Å²) in [5.41, 5.74) is 4.23. The lowest BCUT2D eigenvalue weighted by atomic mass is 9.91. The van der Waals surface area contributed by atoms with Gasteiger partial charge in [-0.2, -0.15) is 5.10 Å². The first-order valence-corrected chi connectivity index (χ1v) is 20.8. The second-order valence-electron chi connectivity index (χ2n) is 15.6. The van der Waals surface area contributed by atoms with Crippen LogP contribution in [-0.2, 0) is 48.6 Å². The zero-order valence-electron chi connectivity index (χ0n) is 33.6. The van der Waals surface area contributed by atoms with Crippen molar-refractivity contribution in [3.63, 3.8) is 0 Å². The number of carbonyl (C=O) groups is 4. The van der Waals surface area contributed by atoms with Gasteiger partial charge in [0.1, 0.15) is 11.7 Å². The zero-order chi connectivity index (χ0) is 41.1. The molecule has 3 aromatic rings. The standard InChI is InChI=1S/C41H55FN10O7/c1-51-35(21-26-5-6-26)30(22-47-51)38-32(42)23-46-41(50-38)48-28-9-7-27(8-10-28)45-24-37(54)44-14-16-58-18-20-59-19-17-57-15-13-43-33-4-2-3-29-31(33)25-52(40(29)56)34-11-12-36(53)49-39(34)55/h2-4,22-23,26-28,34,43,45H,5-21,24-25H2,1H3,(H,44,54)(H,46,48,50)(H,49,53,55)/t27-,28-,34?. The van der Waals surface area contributed by atoms with Gasteiger partial charge in [0.05, 0.1) is 58.6 Å². The van der Waals surface area contributed by atoms with Crippen molar-refractivity contribution in [3.8, 4) is 11.3 Å². The highest BCUT2D eigenvalue weighted by molar-refractivity contribution is 6.06. The molecular weight excluding hydrogens is 764 g/mol. The van der Waals surface area contributed by atoms with E-state index in [2.05, 4.69) is 41.7 Å². The van der Waals surface area contributed by atoms with Crippen LogP contribution in [0.2, 0.25) is 0 Å². The summed E-state index contributed by atoms with van der Waals surface area (Å²) < 4.78 is 33.5. The third-order valence-electron chi connectivity index (χ3n) is 11.3. The van der Waals surface area contributed by atoms with E-state index in [-0.39, 0.29) is 48.5 Å². The summed E-state index contributed by atoms with van der Waals surface area (Å²) in [5.74, 6) is -0.426. The predicted octanol–water partition coefficient (Wildman–Crippen LogP) is 2.32. The van der Waals surface area contributed by atoms with E-state index in [1.165, 1.54) is 23.9 Å². The Balaban J connectivity index is 0.681. The smallest absolute Gasteiger partial charge is 0.255 e. The predicted molar refractivity (Wildman–Crippen MR) is 215 cm³/mol. The molecule has 0 bridgehead atoms. The molecule has 17 nitrogen and oxygen atoms in total. The van der Waals surface area contributed by atoms with E-state index in [0.29, 0.717) is 83.1 Å². The molecule has 7 rings (SSSR count). The average molecular weight is 819 g/mol. The maximum Gasteiger partial charge on any atom is 0.255 e. The minimum absolute atomic E-state index is 0.0835. The summed E-state index contributed by atoms with van der Waals surface area (Å²) >= 11 is 0. The van der Waals surface area contributed by atoms with Crippen LogP contribution in [0.3, 0.4) is 0 Å². The summed E-state index contributed by atoms with van der Waals surface area (Å²) in [6.07, 6.45) is 10.3. The molecule has 4 amide bonds. The Kier molecular flexibility index (Phi) is 14.5. The lowest BCUT2D eigenvalue weighted by Gasteiger charge is -2.29. The molecule has 59 heavy (non-hydrogen) atoms. The van der Waals surface area contributed by atoms with Crippen molar-refractivity contribution in [3.05, 3.63) is 53.2 Å². The van der Waals surface area contributed by atoms with E-state index in [9.17, 15) is 23.6 Å². The number of hydrogen-bond acceptors (Lipinski definition) is 13. The van der Waals surface area contributed by atoms with Crippen LogP contribution in [0.5, 0.6) is 0 Å². The van der Waals surface area contributed by atoms with Gasteiger partial charge in [-0.15, -0.1) is 0 Å². The number of anilines is 2. The van der Waals surface area contributed by atoms with Crippen molar-refractivity contribution in [2.75, 3.05) is 69.9 Å². The topological polar surface area (TPSA) is 203 Å². The fourth-order valence-electron chi connectivity index (χ4n) is 7.86. The molecule has 18 heteroatoms.